The normalized spacial score (nSPS) is 14.7. The van der Waals surface area contributed by atoms with Crippen LogP contribution in [0.2, 0.25) is 0 Å². The van der Waals surface area contributed by atoms with Gasteiger partial charge in [0, 0.05) is 10.4 Å². The summed E-state index contributed by atoms with van der Waals surface area (Å²) in [4.78, 5) is 15.1. The third kappa shape index (κ3) is 2.03. The smallest absolute Gasteiger partial charge is 0.375 e. The fraction of sp³-hybridized carbons (Fsp3) is 0.250. The number of carboxylic acid groups (broad SMARTS) is 1. The van der Waals surface area contributed by atoms with Crippen molar-refractivity contribution in [2.24, 2.45) is 0 Å². The molecule has 0 aliphatic heterocycles. The largest absolute Gasteiger partial charge is 0.475 e. The second kappa shape index (κ2) is 4.20. The fourth-order valence-electron chi connectivity index (χ4n) is 1.79. The second-order valence-electron chi connectivity index (χ2n) is 4.26. The van der Waals surface area contributed by atoms with Gasteiger partial charge in [0.25, 0.3) is 5.82 Å². The predicted octanol–water partition coefficient (Wildman–Crippen LogP) is 2.61. The molecule has 1 N–H and O–H groups in total. The highest BCUT2D eigenvalue weighted by molar-refractivity contribution is 9.10. The Hall–Kier alpha value is -1.69. The molecule has 0 spiro atoms. The Morgan fingerprint density at radius 1 is 1.33 bits per heavy atom. The lowest BCUT2D eigenvalue weighted by Gasteiger charge is -2.04. The van der Waals surface area contributed by atoms with E-state index >= 15 is 0 Å². The van der Waals surface area contributed by atoms with E-state index in [1.54, 1.807) is 4.68 Å². The SMILES string of the molecule is O=C(O)c1nc(C2CC2)n(-c2ccc(Br)cc2)n1. The molecule has 1 aliphatic carbocycles. The number of benzene rings is 1. The first-order valence-electron chi connectivity index (χ1n) is 5.61. The fourth-order valence-corrected chi connectivity index (χ4v) is 2.06. The Bertz CT molecular complexity index is 602. The highest BCUT2D eigenvalue weighted by Crippen LogP contribution is 2.39. The van der Waals surface area contributed by atoms with Crippen LogP contribution in [0, 0.1) is 0 Å². The molecule has 1 saturated carbocycles. The molecule has 1 aliphatic rings. The first kappa shape index (κ1) is 11.4. The minimum atomic E-state index is -1.09. The molecule has 3 rings (SSSR count). The number of hydrogen-bond donors (Lipinski definition) is 1. The number of hydrogen-bond acceptors (Lipinski definition) is 3. The van der Waals surface area contributed by atoms with Crippen molar-refractivity contribution < 1.29 is 9.90 Å². The molecule has 1 heterocycles. The number of aromatic carboxylic acids is 1. The number of aromatic nitrogens is 3. The number of rotatable bonds is 3. The van der Waals surface area contributed by atoms with E-state index in [1.165, 1.54) is 0 Å². The molecule has 0 saturated heterocycles. The number of halogens is 1. The van der Waals surface area contributed by atoms with Gasteiger partial charge in [0.2, 0.25) is 0 Å². The highest BCUT2D eigenvalue weighted by atomic mass is 79.9. The Morgan fingerprint density at radius 3 is 2.56 bits per heavy atom. The van der Waals surface area contributed by atoms with Crippen LogP contribution in [0.25, 0.3) is 5.69 Å². The third-order valence-electron chi connectivity index (χ3n) is 2.84. The van der Waals surface area contributed by atoms with Crippen molar-refractivity contribution in [3.8, 4) is 5.69 Å². The molecule has 2 aromatic rings. The van der Waals surface area contributed by atoms with Gasteiger partial charge in [-0.3, -0.25) is 0 Å². The topological polar surface area (TPSA) is 68.0 Å². The number of carboxylic acids is 1. The molecular weight excluding hydrogens is 298 g/mol. The van der Waals surface area contributed by atoms with Crippen molar-refractivity contribution in [3.05, 3.63) is 40.4 Å². The summed E-state index contributed by atoms with van der Waals surface area (Å²) in [6, 6.07) is 7.56. The van der Waals surface area contributed by atoms with Gasteiger partial charge in [-0.2, -0.15) is 0 Å². The zero-order valence-electron chi connectivity index (χ0n) is 9.38. The van der Waals surface area contributed by atoms with Crippen LogP contribution in [0.15, 0.2) is 28.7 Å². The molecule has 0 unspecified atom stereocenters. The summed E-state index contributed by atoms with van der Waals surface area (Å²) >= 11 is 3.37. The van der Waals surface area contributed by atoms with E-state index in [0.29, 0.717) is 5.92 Å². The maximum absolute atomic E-state index is 10.9. The third-order valence-corrected chi connectivity index (χ3v) is 3.37. The first-order valence-corrected chi connectivity index (χ1v) is 6.40. The minimum Gasteiger partial charge on any atom is -0.475 e. The zero-order valence-corrected chi connectivity index (χ0v) is 11.0. The zero-order chi connectivity index (χ0) is 12.7. The van der Waals surface area contributed by atoms with Gasteiger partial charge in [-0.15, -0.1) is 5.10 Å². The van der Waals surface area contributed by atoms with E-state index in [2.05, 4.69) is 26.0 Å². The Balaban J connectivity index is 2.09. The molecule has 0 bridgehead atoms. The predicted molar refractivity (Wildman–Crippen MR) is 68.0 cm³/mol. The van der Waals surface area contributed by atoms with Crippen molar-refractivity contribution in [3.63, 3.8) is 0 Å². The van der Waals surface area contributed by atoms with E-state index in [-0.39, 0.29) is 5.82 Å². The van der Waals surface area contributed by atoms with Crippen LogP contribution in [0.1, 0.15) is 35.2 Å². The molecule has 5 nitrogen and oxygen atoms in total. The van der Waals surface area contributed by atoms with Crippen molar-refractivity contribution >= 4 is 21.9 Å². The molecule has 92 valence electrons. The molecular formula is C12H10BrN3O2. The standard InChI is InChI=1S/C12H10BrN3O2/c13-8-3-5-9(6-4-8)16-11(7-1-2-7)14-10(15-16)12(17)18/h3-7H,1-2H2,(H,17,18). The van der Waals surface area contributed by atoms with E-state index in [9.17, 15) is 4.79 Å². The van der Waals surface area contributed by atoms with E-state index < -0.39 is 5.97 Å². The van der Waals surface area contributed by atoms with Crippen molar-refractivity contribution in [1.82, 2.24) is 14.8 Å². The van der Waals surface area contributed by atoms with Crippen LogP contribution in [-0.4, -0.2) is 25.8 Å². The summed E-state index contributed by atoms with van der Waals surface area (Å²) in [5.74, 6) is -0.142. The van der Waals surface area contributed by atoms with Gasteiger partial charge in [-0.25, -0.2) is 14.5 Å². The Kier molecular flexibility index (Phi) is 2.66. The highest BCUT2D eigenvalue weighted by Gasteiger charge is 2.31. The van der Waals surface area contributed by atoms with Crippen LogP contribution >= 0.6 is 15.9 Å². The van der Waals surface area contributed by atoms with Gasteiger partial charge in [-0.1, -0.05) is 15.9 Å². The van der Waals surface area contributed by atoms with Gasteiger partial charge in [0.1, 0.15) is 5.82 Å². The van der Waals surface area contributed by atoms with Gasteiger partial charge in [-0.05, 0) is 37.1 Å². The number of nitrogens with zero attached hydrogens (tertiary/aromatic N) is 3. The lowest BCUT2D eigenvalue weighted by molar-refractivity contribution is 0.0683. The molecule has 0 atom stereocenters. The van der Waals surface area contributed by atoms with Gasteiger partial charge >= 0.3 is 5.97 Å². The van der Waals surface area contributed by atoms with Gasteiger partial charge < -0.3 is 5.11 Å². The van der Waals surface area contributed by atoms with Crippen molar-refractivity contribution in [2.45, 2.75) is 18.8 Å². The monoisotopic (exact) mass is 307 g/mol. The van der Waals surface area contributed by atoms with Crippen LogP contribution < -0.4 is 0 Å². The lowest BCUT2D eigenvalue weighted by Crippen LogP contribution is -2.03. The summed E-state index contributed by atoms with van der Waals surface area (Å²) in [7, 11) is 0. The summed E-state index contributed by atoms with van der Waals surface area (Å²) in [5.41, 5.74) is 0.833. The van der Waals surface area contributed by atoms with Crippen LogP contribution in [0.5, 0.6) is 0 Å². The molecule has 0 amide bonds. The quantitative estimate of drug-likeness (QED) is 0.946. The summed E-state index contributed by atoms with van der Waals surface area (Å²) in [5, 5.41) is 13.0. The molecule has 1 fully saturated rings. The summed E-state index contributed by atoms with van der Waals surface area (Å²) in [6.07, 6.45) is 2.10. The lowest BCUT2D eigenvalue weighted by atomic mass is 10.3. The molecule has 6 heteroatoms. The van der Waals surface area contributed by atoms with Gasteiger partial charge in [0.05, 0.1) is 5.69 Å². The van der Waals surface area contributed by atoms with Crippen LogP contribution in [0.3, 0.4) is 0 Å². The second-order valence-corrected chi connectivity index (χ2v) is 5.18. The average Bonchev–Trinajstić information content (AvgIpc) is 3.09. The van der Waals surface area contributed by atoms with E-state index in [0.717, 1.165) is 28.8 Å². The average molecular weight is 308 g/mol. The maximum atomic E-state index is 10.9. The Morgan fingerprint density at radius 2 is 2.00 bits per heavy atom. The first-order chi connectivity index (χ1) is 8.65. The van der Waals surface area contributed by atoms with E-state index in [4.69, 9.17) is 5.11 Å². The number of carbonyl (C=O) groups is 1. The molecule has 1 aromatic carbocycles. The van der Waals surface area contributed by atoms with E-state index in [1.807, 2.05) is 24.3 Å². The molecule has 18 heavy (non-hydrogen) atoms. The summed E-state index contributed by atoms with van der Waals surface area (Å²) in [6.45, 7) is 0. The molecule has 0 radical (unpaired) electrons. The van der Waals surface area contributed by atoms with Crippen LogP contribution in [-0.2, 0) is 0 Å². The van der Waals surface area contributed by atoms with Crippen molar-refractivity contribution in [1.29, 1.82) is 0 Å². The Labute approximate surface area is 112 Å². The minimum absolute atomic E-state index is 0.139. The van der Waals surface area contributed by atoms with Gasteiger partial charge in [0.15, 0.2) is 0 Å². The molecule has 1 aromatic heterocycles. The van der Waals surface area contributed by atoms with Crippen molar-refractivity contribution in [2.75, 3.05) is 0 Å². The summed E-state index contributed by atoms with van der Waals surface area (Å²) < 4.78 is 2.60. The van der Waals surface area contributed by atoms with Crippen LogP contribution in [0.4, 0.5) is 0 Å². The maximum Gasteiger partial charge on any atom is 0.375 e.